The lowest BCUT2D eigenvalue weighted by Gasteiger charge is -2.21. The SMILES string of the molecule is Nc1c(S(=O)(=O)O)cc(Cl)c2c1C(=O)c1ccc(S(=O)(=O)O)cc1C2=O. The van der Waals surface area contributed by atoms with Crippen molar-refractivity contribution in [3.05, 3.63) is 51.5 Å². The first-order chi connectivity index (χ1) is 11.8. The van der Waals surface area contributed by atoms with Gasteiger partial charge in [0.15, 0.2) is 11.6 Å². The van der Waals surface area contributed by atoms with Crippen molar-refractivity contribution in [3.63, 3.8) is 0 Å². The van der Waals surface area contributed by atoms with Crippen molar-refractivity contribution in [2.45, 2.75) is 9.79 Å². The normalized spacial score (nSPS) is 14.1. The molecule has 1 aliphatic carbocycles. The molecule has 0 aromatic heterocycles. The number of nitrogens with two attached hydrogens (primary N) is 1. The molecule has 0 saturated heterocycles. The van der Waals surface area contributed by atoms with E-state index in [9.17, 15) is 31.0 Å². The molecule has 136 valence electrons. The second-order valence-electron chi connectivity index (χ2n) is 5.34. The van der Waals surface area contributed by atoms with Crippen molar-refractivity contribution in [2.75, 3.05) is 5.73 Å². The number of fused-ring (bicyclic) bond motifs is 2. The Morgan fingerprint density at radius 1 is 0.846 bits per heavy atom. The van der Waals surface area contributed by atoms with Gasteiger partial charge >= 0.3 is 0 Å². The molecule has 2 aromatic carbocycles. The van der Waals surface area contributed by atoms with Crippen LogP contribution in [0.5, 0.6) is 0 Å². The van der Waals surface area contributed by atoms with Crippen molar-refractivity contribution in [1.29, 1.82) is 0 Å². The number of anilines is 1. The highest BCUT2D eigenvalue weighted by molar-refractivity contribution is 7.86. The first-order valence-electron chi connectivity index (χ1n) is 6.64. The highest BCUT2D eigenvalue weighted by Crippen LogP contribution is 2.39. The van der Waals surface area contributed by atoms with E-state index in [0.717, 1.165) is 18.2 Å². The van der Waals surface area contributed by atoms with Crippen LogP contribution in [0.3, 0.4) is 0 Å². The fourth-order valence-electron chi connectivity index (χ4n) is 2.65. The Morgan fingerprint density at radius 3 is 1.96 bits per heavy atom. The van der Waals surface area contributed by atoms with Gasteiger partial charge in [-0.15, -0.1) is 0 Å². The van der Waals surface area contributed by atoms with E-state index in [4.69, 9.17) is 21.9 Å². The number of hydrogen-bond donors (Lipinski definition) is 3. The van der Waals surface area contributed by atoms with Gasteiger partial charge in [0, 0.05) is 11.1 Å². The van der Waals surface area contributed by atoms with E-state index < -0.39 is 63.4 Å². The van der Waals surface area contributed by atoms with Crippen molar-refractivity contribution >= 4 is 49.1 Å². The summed E-state index contributed by atoms with van der Waals surface area (Å²) in [6.07, 6.45) is 0. The fourth-order valence-corrected chi connectivity index (χ4v) is 4.16. The van der Waals surface area contributed by atoms with Gasteiger partial charge in [0.2, 0.25) is 0 Å². The Morgan fingerprint density at radius 2 is 1.42 bits per heavy atom. The molecule has 0 spiro atoms. The lowest BCUT2D eigenvalue weighted by atomic mass is 9.83. The number of hydrogen-bond acceptors (Lipinski definition) is 7. The van der Waals surface area contributed by atoms with E-state index in [2.05, 4.69) is 0 Å². The number of ketones is 2. The Balaban J connectivity index is 2.38. The van der Waals surface area contributed by atoms with Crippen molar-refractivity contribution in [2.24, 2.45) is 0 Å². The van der Waals surface area contributed by atoms with Crippen molar-refractivity contribution < 1.29 is 35.5 Å². The zero-order valence-corrected chi connectivity index (χ0v) is 14.8. The van der Waals surface area contributed by atoms with Crippen molar-refractivity contribution in [1.82, 2.24) is 0 Å². The molecule has 0 radical (unpaired) electrons. The Hall–Kier alpha value is -2.31. The summed E-state index contributed by atoms with van der Waals surface area (Å²) in [5.41, 5.74) is 3.46. The summed E-state index contributed by atoms with van der Waals surface area (Å²) in [5.74, 6) is -1.78. The van der Waals surface area contributed by atoms with E-state index in [1.54, 1.807) is 0 Å². The number of benzene rings is 2. The molecule has 26 heavy (non-hydrogen) atoms. The molecule has 3 rings (SSSR count). The molecule has 0 atom stereocenters. The van der Waals surface area contributed by atoms with Crippen LogP contribution in [0.25, 0.3) is 0 Å². The predicted molar refractivity (Wildman–Crippen MR) is 88.8 cm³/mol. The first kappa shape index (κ1) is 18.5. The summed E-state index contributed by atoms with van der Waals surface area (Å²) in [5, 5.41) is -0.469. The molecule has 4 N–H and O–H groups in total. The molecule has 2 aromatic rings. The van der Waals surface area contributed by atoms with E-state index in [1.165, 1.54) is 0 Å². The standard InChI is InChI=1S/C14H8ClNO8S2/c15-8-4-9(26(22,23)24)12(16)11-10(8)14(18)7-3-5(25(19,20)21)1-2-6(7)13(11)17/h1-4H,16H2,(H,19,20,21)(H,22,23,24). The van der Waals surface area contributed by atoms with Gasteiger partial charge < -0.3 is 5.73 Å². The van der Waals surface area contributed by atoms with Crippen LogP contribution in [-0.4, -0.2) is 37.5 Å². The van der Waals surface area contributed by atoms with Crippen LogP contribution in [0.15, 0.2) is 34.1 Å². The summed E-state index contributed by atoms with van der Waals surface area (Å²) in [6.45, 7) is 0. The molecule has 0 heterocycles. The number of rotatable bonds is 2. The molecule has 0 aliphatic heterocycles. The first-order valence-corrected chi connectivity index (χ1v) is 9.90. The predicted octanol–water partition coefficient (Wildman–Crippen LogP) is 1.19. The van der Waals surface area contributed by atoms with Crippen LogP contribution in [-0.2, 0) is 20.2 Å². The lowest BCUT2D eigenvalue weighted by molar-refractivity contribution is 0.0979. The van der Waals surface area contributed by atoms with Gasteiger partial charge in [0.25, 0.3) is 20.2 Å². The van der Waals surface area contributed by atoms with Crippen molar-refractivity contribution in [3.8, 4) is 0 Å². The molecule has 9 nitrogen and oxygen atoms in total. The maximum absolute atomic E-state index is 12.7. The summed E-state index contributed by atoms with van der Waals surface area (Å²) in [4.78, 5) is 23.9. The minimum absolute atomic E-state index is 0.259. The smallest absolute Gasteiger partial charge is 0.296 e. The Kier molecular flexibility index (Phi) is 3.97. The molecule has 0 bridgehead atoms. The van der Waals surface area contributed by atoms with Gasteiger partial charge in [-0.1, -0.05) is 11.6 Å². The van der Waals surface area contributed by atoms with Gasteiger partial charge in [0.1, 0.15) is 4.90 Å². The quantitative estimate of drug-likeness (QED) is 0.409. The largest absolute Gasteiger partial charge is 0.397 e. The topological polar surface area (TPSA) is 169 Å². The number of carbonyl (C=O) groups is 2. The third kappa shape index (κ3) is 2.70. The summed E-state index contributed by atoms with van der Waals surface area (Å²) in [7, 11) is -9.45. The molecule has 0 saturated carbocycles. The highest BCUT2D eigenvalue weighted by atomic mass is 35.5. The second kappa shape index (κ2) is 5.59. The van der Waals surface area contributed by atoms with Crippen LogP contribution in [0.4, 0.5) is 5.69 Å². The maximum atomic E-state index is 12.7. The highest BCUT2D eigenvalue weighted by Gasteiger charge is 2.36. The Labute approximate surface area is 151 Å². The van der Waals surface area contributed by atoms with Crippen LogP contribution >= 0.6 is 11.6 Å². The molecule has 0 fully saturated rings. The number of carbonyl (C=O) groups excluding carboxylic acids is 2. The molecular weight excluding hydrogens is 410 g/mol. The van der Waals surface area contributed by atoms with Gasteiger partial charge in [-0.3, -0.25) is 18.7 Å². The maximum Gasteiger partial charge on any atom is 0.296 e. The average molecular weight is 418 g/mol. The molecule has 0 amide bonds. The third-order valence-electron chi connectivity index (χ3n) is 3.79. The summed E-state index contributed by atoms with van der Waals surface area (Å²) < 4.78 is 63.6. The van der Waals surface area contributed by atoms with Gasteiger partial charge in [0.05, 0.1) is 26.7 Å². The van der Waals surface area contributed by atoms with Crippen LogP contribution in [0, 0.1) is 0 Å². The zero-order chi connectivity index (χ0) is 19.6. The van der Waals surface area contributed by atoms with Crippen LogP contribution in [0.2, 0.25) is 5.02 Å². The summed E-state index contributed by atoms with van der Waals surface area (Å²) in [6, 6.07) is 3.40. The minimum Gasteiger partial charge on any atom is -0.397 e. The average Bonchev–Trinajstić information content (AvgIpc) is 2.51. The molecule has 12 heteroatoms. The van der Waals surface area contributed by atoms with Gasteiger partial charge in [-0.2, -0.15) is 16.8 Å². The molecule has 0 unspecified atom stereocenters. The minimum atomic E-state index is -4.82. The lowest BCUT2D eigenvalue weighted by Crippen LogP contribution is -2.24. The van der Waals surface area contributed by atoms with E-state index in [0.29, 0.717) is 6.07 Å². The summed E-state index contributed by atoms with van der Waals surface area (Å²) >= 11 is 5.91. The van der Waals surface area contributed by atoms with Crippen LogP contribution in [0.1, 0.15) is 31.8 Å². The number of halogens is 1. The Bertz CT molecular complexity index is 1230. The van der Waals surface area contributed by atoms with E-state index in [-0.39, 0.29) is 11.1 Å². The molecular formula is C14H8ClNO8S2. The molecule has 1 aliphatic rings. The fraction of sp³-hybridized carbons (Fsp3) is 0. The van der Waals surface area contributed by atoms with Crippen LogP contribution < -0.4 is 5.73 Å². The van der Waals surface area contributed by atoms with E-state index >= 15 is 0 Å². The van der Waals surface area contributed by atoms with Gasteiger partial charge in [-0.25, -0.2) is 0 Å². The van der Waals surface area contributed by atoms with Gasteiger partial charge in [-0.05, 0) is 24.3 Å². The third-order valence-corrected chi connectivity index (χ3v) is 5.83. The second-order valence-corrected chi connectivity index (χ2v) is 8.55. The van der Waals surface area contributed by atoms with E-state index in [1.807, 2.05) is 0 Å². The number of nitrogen functional groups attached to an aromatic ring is 1. The monoisotopic (exact) mass is 417 g/mol. The zero-order valence-electron chi connectivity index (χ0n) is 12.4.